The van der Waals surface area contributed by atoms with E-state index in [0.29, 0.717) is 0 Å². The van der Waals surface area contributed by atoms with Crippen molar-refractivity contribution in [3.05, 3.63) is 0 Å². The molecule has 2 fully saturated rings. The molecule has 0 aromatic rings. The van der Waals surface area contributed by atoms with E-state index < -0.39 is 0 Å². The number of hydrogen-bond acceptors (Lipinski definition) is 3. The summed E-state index contributed by atoms with van der Waals surface area (Å²) in [7, 11) is 0. The average molecular weight is 197 g/mol. The zero-order chi connectivity index (χ0) is 10.0. The van der Waals surface area contributed by atoms with Crippen molar-refractivity contribution in [1.29, 1.82) is 0 Å². The summed E-state index contributed by atoms with van der Waals surface area (Å²) in [5, 5.41) is 0. The molecule has 2 N–H and O–H groups in total. The van der Waals surface area contributed by atoms with Crippen molar-refractivity contribution in [2.24, 2.45) is 5.73 Å². The van der Waals surface area contributed by atoms with Gasteiger partial charge in [-0.1, -0.05) is 6.92 Å². The van der Waals surface area contributed by atoms with Gasteiger partial charge in [0.15, 0.2) is 0 Å². The molecule has 1 saturated heterocycles. The third kappa shape index (κ3) is 2.69. The third-order valence-corrected chi connectivity index (χ3v) is 3.56. The van der Waals surface area contributed by atoms with Crippen LogP contribution in [0, 0.1) is 0 Å². The molecule has 3 nitrogen and oxygen atoms in total. The monoisotopic (exact) mass is 197 g/mol. The highest BCUT2D eigenvalue weighted by atomic mass is 15.2. The molecular weight excluding hydrogens is 174 g/mol. The van der Waals surface area contributed by atoms with Gasteiger partial charge in [0.1, 0.15) is 0 Å². The Hall–Kier alpha value is -0.120. The van der Waals surface area contributed by atoms with Crippen molar-refractivity contribution in [2.75, 3.05) is 39.3 Å². The Kier molecular flexibility index (Phi) is 3.10. The fourth-order valence-corrected chi connectivity index (χ4v) is 2.26. The van der Waals surface area contributed by atoms with Gasteiger partial charge in [-0.15, -0.1) is 0 Å². The smallest absolute Gasteiger partial charge is 0.0284 e. The largest absolute Gasteiger partial charge is 0.324 e. The van der Waals surface area contributed by atoms with Gasteiger partial charge >= 0.3 is 0 Å². The molecule has 0 amide bonds. The second-order valence-electron chi connectivity index (χ2n) is 4.93. The summed E-state index contributed by atoms with van der Waals surface area (Å²) in [6.45, 7) is 9.53. The lowest BCUT2D eigenvalue weighted by Crippen LogP contribution is -2.41. The summed E-state index contributed by atoms with van der Waals surface area (Å²) in [4.78, 5) is 5.10. The van der Waals surface area contributed by atoms with Crippen molar-refractivity contribution < 1.29 is 0 Å². The van der Waals surface area contributed by atoms with E-state index in [1.807, 2.05) is 0 Å². The number of likely N-dealkylation sites (N-methyl/N-ethyl adjacent to an activating group) is 1. The van der Waals surface area contributed by atoms with Crippen LogP contribution in [0.4, 0.5) is 0 Å². The maximum Gasteiger partial charge on any atom is 0.0284 e. The molecule has 2 rings (SSSR count). The summed E-state index contributed by atoms with van der Waals surface area (Å²) in [6.07, 6.45) is 3.78. The van der Waals surface area contributed by atoms with E-state index in [2.05, 4.69) is 16.7 Å². The van der Waals surface area contributed by atoms with E-state index in [-0.39, 0.29) is 5.54 Å². The van der Waals surface area contributed by atoms with Crippen LogP contribution in [0.3, 0.4) is 0 Å². The van der Waals surface area contributed by atoms with Gasteiger partial charge in [-0.25, -0.2) is 0 Å². The minimum atomic E-state index is 0.196. The van der Waals surface area contributed by atoms with Crippen molar-refractivity contribution >= 4 is 0 Å². The third-order valence-electron chi connectivity index (χ3n) is 3.56. The van der Waals surface area contributed by atoms with Crippen LogP contribution in [0.25, 0.3) is 0 Å². The van der Waals surface area contributed by atoms with Gasteiger partial charge in [-0.2, -0.15) is 0 Å². The van der Waals surface area contributed by atoms with Crippen molar-refractivity contribution in [3.63, 3.8) is 0 Å². The summed E-state index contributed by atoms with van der Waals surface area (Å²) >= 11 is 0. The molecule has 1 aliphatic heterocycles. The molecule has 0 aromatic carbocycles. The quantitative estimate of drug-likeness (QED) is 0.715. The summed E-state index contributed by atoms with van der Waals surface area (Å²) in [5.41, 5.74) is 6.34. The van der Waals surface area contributed by atoms with Crippen LogP contribution in [-0.2, 0) is 0 Å². The molecule has 0 spiro atoms. The van der Waals surface area contributed by atoms with Gasteiger partial charge in [0, 0.05) is 25.2 Å². The van der Waals surface area contributed by atoms with Crippen LogP contribution in [-0.4, -0.2) is 54.6 Å². The first-order chi connectivity index (χ1) is 6.72. The predicted molar refractivity (Wildman–Crippen MR) is 59.3 cm³/mol. The second kappa shape index (κ2) is 4.17. The normalized spacial score (nSPS) is 28.7. The summed E-state index contributed by atoms with van der Waals surface area (Å²) < 4.78 is 0. The van der Waals surface area contributed by atoms with Crippen LogP contribution in [0.15, 0.2) is 0 Å². The predicted octanol–water partition coefficient (Wildman–Crippen LogP) is 0.505. The van der Waals surface area contributed by atoms with Crippen molar-refractivity contribution in [2.45, 2.75) is 31.7 Å². The number of nitrogens with two attached hydrogens (primary N) is 1. The lowest BCUT2D eigenvalue weighted by atomic mass is 10.2. The molecular formula is C11H23N3. The number of nitrogens with zero attached hydrogens (tertiary/aromatic N) is 2. The van der Waals surface area contributed by atoms with Crippen molar-refractivity contribution in [1.82, 2.24) is 9.80 Å². The maximum absolute atomic E-state index is 6.14. The van der Waals surface area contributed by atoms with E-state index in [9.17, 15) is 0 Å². The van der Waals surface area contributed by atoms with E-state index >= 15 is 0 Å². The van der Waals surface area contributed by atoms with Crippen LogP contribution in [0.2, 0.25) is 0 Å². The molecule has 3 heteroatoms. The maximum atomic E-state index is 6.14. The molecule has 1 aliphatic carbocycles. The first-order valence-electron chi connectivity index (χ1n) is 5.95. The Balaban J connectivity index is 1.77. The van der Waals surface area contributed by atoms with Crippen LogP contribution >= 0.6 is 0 Å². The first kappa shape index (κ1) is 10.4. The van der Waals surface area contributed by atoms with Crippen LogP contribution < -0.4 is 5.73 Å². The Bertz CT molecular complexity index is 189. The highest BCUT2D eigenvalue weighted by molar-refractivity contribution is 5.01. The zero-order valence-corrected chi connectivity index (χ0v) is 9.34. The molecule has 2 aliphatic rings. The minimum absolute atomic E-state index is 0.196. The zero-order valence-electron chi connectivity index (χ0n) is 9.34. The molecule has 1 heterocycles. The molecule has 0 bridgehead atoms. The van der Waals surface area contributed by atoms with Crippen LogP contribution in [0.5, 0.6) is 0 Å². The van der Waals surface area contributed by atoms with Crippen molar-refractivity contribution in [3.8, 4) is 0 Å². The van der Waals surface area contributed by atoms with E-state index in [1.54, 1.807) is 0 Å². The van der Waals surface area contributed by atoms with Crippen LogP contribution in [0.1, 0.15) is 26.2 Å². The molecule has 0 aromatic heterocycles. The topological polar surface area (TPSA) is 32.5 Å². The Morgan fingerprint density at radius 3 is 2.36 bits per heavy atom. The molecule has 1 saturated carbocycles. The Labute approximate surface area is 87.2 Å². The van der Waals surface area contributed by atoms with Gasteiger partial charge in [0.2, 0.25) is 0 Å². The lowest BCUT2D eigenvalue weighted by Gasteiger charge is -2.23. The standard InChI is InChI=1S/C11H23N3/c1-2-13-6-3-7-14(9-8-13)10-11(12)4-5-11/h2-10,12H2,1H3. The van der Waals surface area contributed by atoms with E-state index in [1.165, 1.54) is 52.0 Å². The molecule has 0 radical (unpaired) electrons. The second-order valence-corrected chi connectivity index (χ2v) is 4.93. The fraction of sp³-hybridized carbons (Fsp3) is 1.00. The summed E-state index contributed by atoms with van der Waals surface area (Å²) in [5.74, 6) is 0. The molecule has 14 heavy (non-hydrogen) atoms. The SMILES string of the molecule is CCN1CCCN(CC2(N)CC2)CC1. The van der Waals surface area contributed by atoms with Gasteiger partial charge in [0.25, 0.3) is 0 Å². The lowest BCUT2D eigenvalue weighted by molar-refractivity contribution is 0.246. The van der Waals surface area contributed by atoms with Gasteiger partial charge in [0.05, 0.1) is 0 Å². The van der Waals surface area contributed by atoms with Gasteiger partial charge in [-0.05, 0) is 38.9 Å². The van der Waals surface area contributed by atoms with Gasteiger partial charge < -0.3 is 15.5 Å². The summed E-state index contributed by atoms with van der Waals surface area (Å²) in [6, 6.07) is 0. The average Bonchev–Trinajstić information content (AvgIpc) is 2.91. The number of rotatable bonds is 3. The molecule has 0 atom stereocenters. The highest BCUT2D eigenvalue weighted by Crippen LogP contribution is 2.33. The van der Waals surface area contributed by atoms with E-state index in [4.69, 9.17) is 5.73 Å². The minimum Gasteiger partial charge on any atom is -0.324 e. The number of hydrogen-bond donors (Lipinski definition) is 1. The fourth-order valence-electron chi connectivity index (χ4n) is 2.26. The molecule has 82 valence electrons. The van der Waals surface area contributed by atoms with Gasteiger partial charge in [-0.3, -0.25) is 0 Å². The molecule has 0 unspecified atom stereocenters. The first-order valence-corrected chi connectivity index (χ1v) is 5.95. The highest BCUT2D eigenvalue weighted by Gasteiger charge is 2.39. The van der Waals surface area contributed by atoms with E-state index in [0.717, 1.165) is 6.54 Å². The Morgan fingerprint density at radius 1 is 1.07 bits per heavy atom. The Morgan fingerprint density at radius 2 is 1.71 bits per heavy atom.